The molecule has 6 heteroatoms. The standard InChI is InChI=1S/C13H17ClN4O/c1-18(7-2-6-15)8-5-13(19)17-12-9-10(14)3-4-11(12)16/h3-4,9H,2,5,7-8,16H2,1H3,(H,17,19). The Balaban J connectivity index is 2.43. The van der Waals surface area contributed by atoms with E-state index in [1.807, 2.05) is 11.9 Å². The van der Waals surface area contributed by atoms with Gasteiger partial charge < -0.3 is 16.0 Å². The van der Waals surface area contributed by atoms with Crippen molar-refractivity contribution in [2.24, 2.45) is 0 Å². The summed E-state index contributed by atoms with van der Waals surface area (Å²) in [7, 11) is 1.87. The SMILES string of the molecule is CN(CCC#N)CCC(=O)Nc1cc(Cl)ccc1N. The fraction of sp³-hybridized carbons (Fsp3) is 0.385. The minimum atomic E-state index is -0.127. The van der Waals surface area contributed by atoms with Crippen molar-refractivity contribution in [3.05, 3.63) is 23.2 Å². The minimum Gasteiger partial charge on any atom is -0.397 e. The topological polar surface area (TPSA) is 82.2 Å². The second-order valence-electron chi connectivity index (χ2n) is 4.24. The predicted molar refractivity (Wildman–Crippen MR) is 76.8 cm³/mol. The molecule has 0 heterocycles. The first-order chi connectivity index (χ1) is 9.02. The lowest BCUT2D eigenvalue weighted by molar-refractivity contribution is -0.116. The fourth-order valence-electron chi connectivity index (χ4n) is 1.49. The summed E-state index contributed by atoms with van der Waals surface area (Å²) in [6.07, 6.45) is 0.799. The number of nitrogens with zero attached hydrogens (tertiary/aromatic N) is 2. The number of amides is 1. The van der Waals surface area contributed by atoms with Gasteiger partial charge in [0.25, 0.3) is 0 Å². The Morgan fingerprint density at radius 1 is 1.53 bits per heavy atom. The van der Waals surface area contributed by atoms with Crippen molar-refractivity contribution in [1.29, 1.82) is 5.26 Å². The highest BCUT2D eigenvalue weighted by Gasteiger charge is 2.07. The van der Waals surface area contributed by atoms with Crippen LogP contribution in [0, 0.1) is 11.3 Å². The predicted octanol–water partition coefficient (Wildman–Crippen LogP) is 2.10. The molecule has 0 saturated carbocycles. The molecular weight excluding hydrogens is 264 g/mol. The van der Waals surface area contributed by atoms with Gasteiger partial charge in [-0.05, 0) is 25.2 Å². The molecule has 0 fully saturated rings. The van der Waals surface area contributed by atoms with Crippen molar-refractivity contribution in [3.8, 4) is 6.07 Å². The van der Waals surface area contributed by atoms with Gasteiger partial charge in [0.15, 0.2) is 0 Å². The third-order valence-electron chi connectivity index (χ3n) is 2.62. The summed E-state index contributed by atoms with van der Waals surface area (Å²) in [6.45, 7) is 1.25. The molecule has 1 amide bonds. The molecule has 5 nitrogen and oxygen atoms in total. The van der Waals surface area contributed by atoms with E-state index < -0.39 is 0 Å². The molecule has 1 rings (SSSR count). The lowest BCUT2D eigenvalue weighted by Crippen LogP contribution is -2.25. The zero-order chi connectivity index (χ0) is 14.3. The molecule has 3 N–H and O–H groups in total. The summed E-state index contributed by atoms with van der Waals surface area (Å²) in [6, 6.07) is 7.00. The van der Waals surface area contributed by atoms with Gasteiger partial charge in [0.05, 0.1) is 17.4 Å². The van der Waals surface area contributed by atoms with E-state index in [4.69, 9.17) is 22.6 Å². The molecule has 0 saturated heterocycles. The van der Waals surface area contributed by atoms with Crippen LogP contribution in [0.25, 0.3) is 0 Å². The van der Waals surface area contributed by atoms with Gasteiger partial charge >= 0.3 is 0 Å². The number of nitrogens with one attached hydrogen (secondary N) is 1. The van der Waals surface area contributed by atoms with Crippen LogP contribution in [0.4, 0.5) is 11.4 Å². The molecule has 0 unspecified atom stereocenters. The molecule has 102 valence electrons. The number of nitrogens with two attached hydrogens (primary N) is 1. The van der Waals surface area contributed by atoms with Crippen LogP contribution in [0.2, 0.25) is 5.02 Å². The maximum absolute atomic E-state index is 11.8. The number of nitriles is 1. The largest absolute Gasteiger partial charge is 0.397 e. The van der Waals surface area contributed by atoms with Gasteiger partial charge in [0, 0.05) is 31.0 Å². The van der Waals surface area contributed by atoms with Crippen molar-refractivity contribution in [3.63, 3.8) is 0 Å². The Bertz CT molecular complexity index is 484. The van der Waals surface area contributed by atoms with Crippen LogP contribution < -0.4 is 11.1 Å². The molecule has 0 spiro atoms. The summed E-state index contributed by atoms with van der Waals surface area (Å²) in [5.41, 5.74) is 6.75. The molecule has 19 heavy (non-hydrogen) atoms. The molecular formula is C13H17ClN4O. The normalized spacial score (nSPS) is 10.2. The lowest BCUT2D eigenvalue weighted by atomic mass is 10.2. The first-order valence-corrected chi connectivity index (χ1v) is 6.31. The fourth-order valence-corrected chi connectivity index (χ4v) is 1.67. The number of benzene rings is 1. The summed E-state index contributed by atoms with van der Waals surface area (Å²) >= 11 is 5.84. The van der Waals surface area contributed by atoms with Crippen molar-refractivity contribution >= 4 is 28.9 Å². The number of rotatable bonds is 6. The lowest BCUT2D eigenvalue weighted by Gasteiger charge is -2.14. The molecule has 0 aromatic heterocycles. The van der Waals surface area contributed by atoms with Gasteiger partial charge in [-0.1, -0.05) is 11.6 Å². The van der Waals surface area contributed by atoms with Gasteiger partial charge in [0.1, 0.15) is 0 Å². The molecule has 0 atom stereocenters. The summed E-state index contributed by atoms with van der Waals surface area (Å²) in [5.74, 6) is -0.127. The Morgan fingerprint density at radius 3 is 2.95 bits per heavy atom. The highest BCUT2D eigenvalue weighted by atomic mass is 35.5. The summed E-state index contributed by atoms with van der Waals surface area (Å²) in [5, 5.41) is 11.7. The highest BCUT2D eigenvalue weighted by Crippen LogP contribution is 2.22. The zero-order valence-electron chi connectivity index (χ0n) is 10.8. The van der Waals surface area contributed by atoms with Crippen LogP contribution in [-0.2, 0) is 4.79 Å². The van der Waals surface area contributed by atoms with Crippen LogP contribution in [0.15, 0.2) is 18.2 Å². The maximum atomic E-state index is 11.8. The number of carbonyl (C=O) groups excluding carboxylic acids is 1. The average Bonchev–Trinajstić information content (AvgIpc) is 2.38. The third kappa shape index (κ3) is 5.60. The van der Waals surface area contributed by atoms with E-state index in [-0.39, 0.29) is 5.91 Å². The van der Waals surface area contributed by atoms with Crippen molar-refractivity contribution in [2.45, 2.75) is 12.8 Å². The van der Waals surface area contributed by atoms with Crippen molar-refractivity contribution < 1.29 is 4.79 Å². The summed E-state index contributed by atoms with van der Waals surface area (Å²) in [4.78, 5) is 13.7. The molecule has 1 aromatic rings. The number of halogens is 1. The number of anilines is 2. The smallest absolute Gasteiger partial charge is 0.225 e. The van der Waals surface area contributed by atoms with Gasteiger partial charge in [-0.2, -0.15) is 5.26 Å². The number of nitrogen functional groups attached to an aromatic ring is 1. The van der Waals surface area contributed by atoms with E-state index in [0.717, 1.165) is 0 Å². The van der Waals surface area contributed by atoms with Crippen LogP contribution in [0.3, 0.4) is 0 Å². The van der Waals surface area contributed by atoms with E-state index >= 15 is 0 Å². The molecule has 1 aromatic carbocycles. The third-order valence-corrected chi connectivity index (χ3v) is 2.85. The van der Waals surface area contributed by atoms with E-state index in [2.05, 4.69) is 11.4 Å². The highest BCUT2D eigenvalue weighted by molar-refractivity contribution is 6.31. The van der Waals surface area contributed by atoms with Gasteiger partial charge in [0.2, 0.25) is 5.91 Å². The van der Waals surface area contributed by atoms with E-state index in [0.29, 0.717) is 42.3 Å². The second kappa shape index (κ2) is 7.62. The van der Waals surface area contributed by atoms with E-state index in [9.17, 15) is 4.79 Å². The number of hydrogen-bond acceptors (Lipinski definition) is 4. The second-order valence-corrected chi connectivity index (χ2v) is 4.68. The Morgan fingerprint density at radius 2 is 2.26 bits per heavy atom. The van der Waals surface area contributed by atoms with Gasteiger partial charge in [-0.3, -0.25) is 4.79 Å². The summed E-state index contributed by atoms with van der Waals surface area (Å²) < 4.78 is 0. The molecule has 0 radical (unpaired) electrons. The van der Waals surface area contributed by atoms with E-state index in [1.54, 1.807) is 18.2 Å². The Hall–Kier alpha value is -1.77. The molecule has 0 aliphatic rings. The Kier molecular flexibility index (Phi) is 6.13. The van der Waals surface area contributed by atoms with Crippen LogP contribution in [-0.4, -0.2) is 30.9 Å². The molecule has 0 aliphatic carbocycles. The number of carbonyl (C=O) groups is 1. The molecule has 0 bridgehead atoms. The zero-order valence-corrected chi connectivity index (χ0v) is 11.6. The first kappa shape index (κ1) is 15.3. The van der Waals surface area contributed by atoms with Gasteiger partial charge in [-0.25, -0.2) is 0 Å². The molecule has 0 aliphatic heterocycles. The first-order valence-electron chi connectivity index (χ1n) is 5.93. The minimum absolute atomic E-state index is 0.127. The Labute approximate surface area is 117 Å². The monoisotopic (exact) mass is 280 g/mol. The van der Waals surface area contributed by atoms with Crippen molar-refractivity contribution in [1.82, 2.24) is 4.90 Å². The van der Waals surface area contributed by atoms with Gasteiger partial charge in [-0.15, -0.1) is 0 Å². The van der Waals surface area contributed by atoms with E-state index in [1.165, 1.54) is 0 Å². The maximum Gasteiger partial charge on any atom is 0.225 e. The quantitative estimate of drug-likeness (QED) is 0.782. The number of hydrogen-bond donors (Lipinski definition) is 2. The van der Waals surface area contributed by atoms with Crippen LogP contribution in [0.5, 0.6) is 0 Å². The average molecular weight is 281 g/mol. The van der Waals surface area contributed by atoms with Crippen molar-refractivity contribution in [2.75, 3.05) is 31.2 Å². The van der Waals surface area contributed by atoms with Crippen LogP contribution in [0.1, 0.15) is 12.8 Å². The van der Waals surface area contributed by atoms with Crippen LogP contribution >= 0.6 is 11.6 Å².